The second kappa shape index (κ2) is 4.78. The molecule has 2 aromatic carbocycles. The number of nitrogens with zero attached hydrogens (tertiary/aromatic N) is 1. The zero-order valence-electron chi connectivity index (χ0n) is 10.8. The number of aliphatic hydroxyl groups excluding tert-OH is 1. The predicted molar refractivity (Wildman–Crippen MR) is 78.6 cm³/mol. The first-order valence-electron chi connectivity index (χ1n) is 6.28. The van der Waals surface area contributed by atoms with Crippen LogP contribution in [0.4, 0.5) is 11.4 Å². The fourth-order valence-electron chi connectivity index (χ4n) is 2.20. The number of benzene rings is 2. The maximum Gasteiger partial charge on any atom is 0.0681 e. The molecule has 0 aliphatic rings. The minimum atomic E-state index is 0.0790. The maximum absolute atomic E-state index is 9.02. The lowest BCUT2D eigenvalue weighted by Gasteiger charge is -2.08. The standard InChI is InChI=1S/C16H16N2O/c1-18-9-8-13-4-7-15(10-16(13)18)17-14-5-2-12(11-19)3-6-14/h2-10,17,19H,11H2,1H3. The van der Waals surface area contributed by atoms with E-state index in [0.717, 1.165) is 16.9 Å². The van der Waals surface area contributed by atoms with E-state index in [9.17, 15) is 0 Å². The molecular formula is C16H16N2O. The van der Waals surface area contributed by atoms with Crippen molar-refractivity contribution in [2.45, 2.75) is 6.61 Å². The van der Waals surface area contributed by atoms with Crippen molar-refractivity contribution in [1.29, 1.82) is 0 Å². The van der Waals surface area contributed by atoms with Gasteiger partial charge in [0, 0.05) is 30.1 Å². The van der Waals surface area contributed by atoms with Crippen LogP contribution in [0.15, 0.2) is 54.7 Å². The van der Waals surface area contributed by atoms with Gasteiger partial charge < -0.3 is 15.0 Å². The molecule has 0 bridgehead atoms. The van der Waals surface area contributed by atoms with Gasteiger partial charge in [0.2, 0.25) is 0 Å². The topological polar surface area (TPSA) is 37.2 Å². The van der Waals surface area contributed by atoms with Crippen LogP contribution in [0, 0.1) is 0 Å². The molecule has 3 rings (SSSR count). The van der Waals surface area contributed by atoms with Crippen molar-refractivity contribution in [1.82, 2.24) is 4.57 Å². The summed E-state index contributed by atoms with van der Waals surface area (Å²) in [5.74, 6) is 0. The summed E-state index contributed by atoms with van der Waals surface area (Å²) in [5.41, 5.74) is 4.21. The normalized spacial score (nSPS) is 10.8. The molecule has 0 amide bonds. The summed E-state index contributed by atoms with van der Waals surface area (Å²) in [6, 6.07) is 16.2. The van der Waals surface area contributed by atoms with Crippen molar-refractivity contribution in [3.63, 3.8) is 0 Å². The third-order valence-electron chi connectivity index (χ3n) is 3.31. The fraction of sp³-hybridized carbons (Fsp3) is 0.125. The van der Waals surface area contributed by atoms with Gasteiger partial charge in [-0.3, -0.25) is 0 Å². The van der Waals surface area contributed by atoms with Gasteiger partial charge in [-0.05, 0) is 41.3 Å². The van der Waals surface area contributed by atoms with Crippen molar-refractivity contribution in [3.8, 4) is 0 Å². The monoisotopic (exact) mass is 252 g/mol. The lowest BCUT2D eigenvalue weighted by Crippen LogP contribution is -1.92. The molecule has 3 aromatic rings. The highest BCUT2D eigenvalue weighted by Gasteiger charge is 2.00. The van der Waals surface area contributed by atoms with E-state index in [1.165, 1.54) is 10.9 Å². The number of rotatable bonds is 3. The lowest BCUT2D eigenvalue weighted by molar-refractivity contribution is 0.282. The van der Waals surface area contributed by atoms with Crippen LogP contribution in [0.25, 0.3) is 10.9 Å². The first kappa shape index (κ1) is 11.8. The van der Waals surface area contributed by atoms with Crippen molar-refractivity contribution < 1.29 is 5.11 Å². The van der Waals surface area contributed by atoms with Crippen LogP contribution in [0.3, 0.4) is 0 Å². The second-order valence-electron chi connectivity index (χ2n) is 4.68. The van der Waals surface area contributed by atoms with E-state index < -0.39 is 0 Å². The first-order chi connectivity index (χ1) is 9.26. The summed E-state index contributed by atoms with van der Waals surface area (Å²) < 4.78 is 2.11. The van der Waals surface area contributed by atoms with Gasteiger partial charge in [-0.2, -0.15) is 0 Å². The van der Waals surface area contributed by atoms with Gasteiger partial charge in [-0.1, -0.05) is 18.2 Å². The van der Waals surface area contributed by atoms with E-state index in [1.54, 1.807) is 0 Å². The molecular weight excluding hydrogens is 236 g/mol. The Morgan fingerprint density at radius 1 is 1.00 bits per heavy atom. The van der Waals surface area contributed by atoms with E-state index >= 15 is 0 Å². The third kappa shape index (κ3) is 2.33. The highest BCUT2D eigenvalue weighted by molar-refractivity contribution is 5.84. The predicted octanol–water partition coefficient (Wildman–Crippen LogP) is 3.41. The second-order valence-corrected chi connectivity index (χ2v) is 4.68. The number of anilines is 2. The van der Waals surface area contributed by atoms with Crippen molar-refractivity contribution in [2.75, 3.05) is 5.32 Å². The fourth-order valence-corrected chi connectivity index (χ4v) is 2.20. The Hall–Kier alpha value is -2.26. The Bertz CT molecular complexity index is 698. The number of aromatic nitrogens is 1. The number of hydrogen-bond acceptors (Lipinski definition) is 2. The van der Waals surface area contributed by atoms with Crippen LogP contribution in [0.2, 0.25) is 0 Å². The van der Waals surface area contributed by atoms with Gasteiger partial charge in [0.1, 0.15) is 0 Å². The molecule has 3 heteroatoms. The lowest BCUT2D eigenvalue weighted by atomic mass is 10.2. The number of aliphatic hydroxyl groups is 1. The summed E-state index contributed by atoms with van der Waals surface area (Å²) in [5, 5.41) is 13.6. The molecule has 19 heavy (non-hydrogen) atoms. The van der Waals surface area contributed by atoms with Gasteiger partial charge in [0.25, 0.3) is 0 Å². The average Bonchev–Trinajstić information content (AvgIpc) is 2.81. The van der Waals surface area contributed by atoms with Crippen LogP contribution >= 0.6 is 0 Å². The third-order valence-corrected chi connectivity index (χ3v) is 3.31. The first-order valence-corrected chi connectivity index (χ1v) is 6.28. The van der Waals surface area contributed by atoms with E-state index in [0.29, 0.717) is 0 Å². The summed E-state index contributed by atoms with van der Waals surface area (Å²) in [6.07, 6.45) is 2.06. The number of aryl methyl sites for hydroxylation is 1. The molecule has 1 aromatic heterocycles. The molecule has 0 aliphatic carbocycles. The Balaban J connectivity index is 1.89. The Morgan fingerprint density at radius 3 is 2.47 bits per heavy atom. The highest BCUT2D eigenvalue weighted by atomic mass is 16.3. The van der Waals surface area contributed by atoms with Crippen molar-refractivity contribution in [2.24, 2.45) is 7.05 Å². The maximum atomic E-state index is 9.02. The van der Waals surface area contributed by atoms with Gasteiger partial charge in [0.15, 0.2) is 0 Å². The van der Waals surface area contributed by atoms with Crippen LogP contribution in [-0.4, -0.2) is 9.67 Å². The summed E-state index contributed by atoms with van der Waals surface area (Å²) in [4.78, 5) is 0. The molecule has 0 radical (unpaired) electrons. The Morgan fingerprint density at radius 2 is 1.74 bits per heavy atom. The molecule has 0 atom stereocenters. The molecule has 0 saturated heterocycles. The quantitative estimate of drug-likeness (QED) is 0.749. The molecule has 96 valence electrons. The van der Waals surface area contributed by atoms with Crippen LogP contribution in [0.5, 0.6) is 0 Å². The molecule has 0 spiro atoms. The molecule has 0 unspecified atom stereocenters. The number of fused-ring (bicyclic) bond motifs is 1. The van der Waals surface area contributed by atoms with Gasteiger partial charge >= 0.3 is 0 Å². The molecule has 0 aliphatic heterocycles. The van der Waals surface area contributed by atoms with Gasteiger partial charge in [0.05, 0.1) is 6.61 Å². The number of nitrogens with one attached hydrogen (secondary N) is 1. The minimum Gasteiger partial charge on any atom is -0.392 e. The van der Waals surface area contributed by atoms with Gasteiger partial charge in [-0.25, -0.2) is 0 Å². The zero-order valence-corrected chi connectivity index (χ0v) is 10.8. The van der Waals surface area contributed by atoms with E-state index in [2.05, 4.69) is 40.3 Å². The highest BCUT2D eigenvalue weighted by Crippen LogP contribution is 2.23. The molecule has 1 heterocycles. The summed E-state index contributed by atoms with van der Waals surface area (Å²) >= 11 is 0. The van der Waals surface area contributed by atoms with Crippen molar-refractivity contribution >= 4 is 22.3 Å². The zero-order chi connectivity index (χ0) is 13.2. The smallest absolute Gasteiger partial charge is 0.0681 e. The molecule has 3 nitrogen and oxygen atoms in total. The van der Waals surface area contributed by atoms with Gasteiger partial charge in [-0.15, -0.1) is 0 Å². The van der Waals surface area contributed by atoms with Crippen LogP contribution < -0.4 is 5.32 Å². The Labute approximate surface area is 112 Å². The summed E-state index contributed by atoms with van der Waals surface area (Å²) in [6.45, 7) is 0.0790. The molecule has 0 fully saturated rings. The number of hydrogen-bond donors (Lipinski definition) is 2. The van der Waals surface area contributed by atoms with Crippen molar-refractivity contribution in [3.05, 3.63) is 60.3 Å². The average molecular weight is 252 g/mol. The van der Waals surface area contributed by atoms with E-state index in [4.69, 9.17) is 5.11 Å². The Kier molecular flexibility index (Phi) is 2.97. The minimum absolute atomic E-state index is 0.0790. The van der Waals surface area contributed by atoms with E-state index in [-0.39, 0.29) is 6.61 Å². The summed E-state index contributed by atoms with van der Waals surface area (Å²) in [7, 11) is 2.04. The SMILES string of the molecule is Cn1ccc2ccc(Nc3ccc(CO)cc3)cc21. The molecule has 0 saturated carbocycles. The van der Waals surface area contributed by atoms with Crippen LogP contribution in [-0.2, 0) is 13.7 Å². The molecule has 2 N–H and O–H groups in total. The largest absolute Gasteiger partial charge is 0.392 e. The van der Waals surface area contributed by atoms with Crippen LogP contribution in [0.1, 0.15) is 5.56 Å². The van der Waals surface area contributed by atoms with E-state index in [1.807, 2.05) is 31.3 Å².